The molecule has 12 nitrogen and oxygen atoms in total. The van der Waals surface area contributed by atoms with Crippen LogP contribution in [0.1, 0.15) is 264 Å². The second-order valence-electron chi connectivity index (χ2n) is 19.2. The van der Waals surface area contributed by atoms with Crippen LogP contribution in [0.15, 0.2) is 0 Å². The SMILES string of the molecule is CCCCCCCCCCCCCCCCCCCCCCCCCCCCOCC(COC1OC(CO)C(O)C(OS(=O)(=O)O)C1O)OC(=O)CCCCCCCCCCCCCC. The van der Waals surface area contributed by atoms with Crippen molar-refractivity contribution >= 4 is 16.4 Å². The molecule has 4 N–H and O–H groups in total. The third-order valence-electron chi connectivity index (χ3n) is 13.0. The molecule has 0 bridgehead atoms. The number of unbranched alkanes of at least 4 members (excludes halogenated alkanes) is 36. The first kappa shape index (κ1) is 62.1. The fourth-order valence-electron chi connectivity index (χ4n) is 8.85. The fourth-order valence-corrected chi connectivity index (χ4v) is 9.36. The molecule has 0 aromatic carbocycles. The lowest BCUT2D eigenvalue weighted by molar-refractivity contribution is -0.301. The molecular formula is C52H102O12S. The van der Waals surface area contributed by atoms with E-state index in [1.807, 2.05) is 0 Å². The zero-order chi connectivity index (χ0) is 47.5. The topological polar surface area (TPSA) is 178 Å². The quantitative estimate of drug-likeness (QED) is 0.0258. The lowest BCUT2D eigenvalue weighted by Crippen LogP contribution is -2.60. The number of aliphatic hydroxyl groups is 3. The van der Waals surface area contributed by atoms with Gasteiger partial charge in [0.2, 0.25) is 0 Å². The van der Waals surface area contributed by atoms with E-state index in [4.69, 9.17) is 18.9 Å². The summed E-state index contributed by atoms with van der Waals surface area (Å²) in [5.74, 6) is -0.393. The summed E-state index contributed by atoms with van der Waals surface area (Å²) in [5.41, 5.74) is 0. The first-order chi connectivity index (χ1) is 31.6. The molecule has 0 spiro atoms. The Balaban J connectivity index is 2.23. The third kappa shape index (κ3) is 37.6. The molecular weight excluding hydrogens is 849 g/mol. The van der Waals surface area contributed by atoms with Crippen molar-refractivity contribution < 1.29 is 56.2 Å². The van der Waals surface area contributed by atoms with Crippen LogP contribution in [0.4, 0.5) is 0 Å². The number of carbonyl (C=O) groups is 1. The predicted octanol–water partition coefficient (Wildman–Crippen LogP) is 12.8. The molecule has 1 fully saturated rings. The highest BCUT2D eigenvalue weighted by Gasteiger charge is 2.48. The summed E-state index contributed by atoms with van der Waals surface area (Å²) in [6.45, 7) is 4.05. The minimum absolute atomic E-state index is 0.0451. The van der Waals surface area contributed by atoms with Gasteiger partial charge in [0.15, 0.2) is 6.29 Å². The van der Waals surface area contributed by atoms with Gasteiger partial charge in [-0.2, -0.15) is 8.42 Å². The van der Waals surface area contributed by atoms with Gasteiger partial charge in [0.25, 0.3) is 0 Å². The van der Waals surface area contributed by atoms with E-state index in [9.17, 15) is 33.1 Å². The van der Waals surface area contributed by atoms with Gasteiger partial charge in [-0.15, -0.1) is 0 Å². The number of esters is 1. The van der Waals surface area contributed by atoms with Crippen LogP contribution in [0, 0.1) is 0 Å². The summed E-state index contributed by atoms with van der Waals surface area (Å²) in [7, 11) is -5.06. The molecule has 0 aromatic rings. The van der Waals surface area contributed by atoms with Gasteiger partial charge in [-0.05, 0) is 12.8 Å². The fraction of sp³-hybridized carbons (Fsp3) is 0.981. The average molecular weight is 951 g/mol. The molecule has 1 heterocycles. The molecule has 388 valence electrons. The van der Waals surface area contributed by atoms with E-state index < -0.39 is 59.8 Å². The van der Waals surface area contributed by atoms with E-state index in [0.717, 1.165) is 38.5 Å². The zero-order valence-corrected chi connectivity index (χ0v) is 42.6. The second-order valence-corrected chi connectivity index (χ2v) is 20.2. The van der Waals surface area contributed by atoms with Crippen LogP contribution < -0.4 is 0 Å². The summed E-state index contributed by atoms with van der Waals surface area (Å²) in [5, 5.41) is 30.7. The van der Waals surface area contributed by atoms with Crippen LogP contribution in [-0.2, 0) is 38.3 Å². The van der Waals surface area contributed by atoms with Gasteiger partial charge in [0.05, 0.1) is 19.8 Å². The summed E-state index contributed by atoms with van der Waals surface area (Å²) in [6, 6.07) is 0. The Hall–Kier alpha value is -0.900. The standard InChI is InChI=1S/C52H102O12S/c1-3-5-7-9-11-13-15-17-18-19-20-21-22-23-24-25-26-27-28-29-30-32-34-36-38-40-42-60-44-46(62-48(54)41-39-37-35-33-31-16-14-12-10-8-6-4-2)45-61-52-50(56)51(64-65(57,58)59)49(55)47(43-53)63-52/h46-47,49-53,55-56H,3-45H2,1-2H3,(H,57,58,59). The van der Waals surface area contributed by atoms with E-state index in [-0.39, 0.29) is 19.6 Å². The summed E-state index contributed by atoms with van der Waals surface area (Å²) < 4.78 is 59.2. The molecule has 1 aliphatic rings. The van der Waals surface area contributed by atoms with Crippen molar-refractivity contribution in [3.63, 3.8) is 0 Å². The van der Waals surface area contributed by atoms with Crippen LogP contribution >= 0.6 is 0 Å². The minimum atomic E-state index is -5.06. The molecule has 6 atom stereocenters. The molecule has 0 amide bonds. The van der Waals surface area contributed by atoms with Gasteiger partial charge < -0.3 is 34.3 Å². The number of rotatable bonds is 49. The highest BCUT2D eigenvalue weighted by atomic mass is 32.3. The number of hydrogen-bond acceptors (Lipinski definition) is 11. The highest BCUT2D eigenvalue weighted by Crippen LogP contribution is 2.26. The number of hydrogen-bond donors (Lipinski definition) is 4. The van der Waals surface area contributed by atoms with E-state index in [1.165, 1.54) is 199 Å². The number of aliphatic hydroxyl groups excluding tert-OH is 3. The molecule has 0 radical (unpaired) electrons. The van der Waals surface area contributed by atoms with E-state index >= 15 is 0 Å². The molecule has 0 saturated carbocycles. The van der Waals surface area contributed by atoms with Crippen molar-refractivity contribution in [2.75, 3.05) is 26.4 Å². The Kier molecular flexibility index (Phi) is 42.4. The van der Waals surface area contributed by atoms with Crippen LogP contribution in [0.5, 0.6) is 0 Å². The molecule has 1 saturated heterocycles. The van der Waals surface area contributed by atoms with Crippen LogP contribution in [0.3, 0.4) is 0 Å². The normalized spacial score (nSPS) is 19.5. The number of ether oxygens (including phenoxy) is 4. The third-order valence-corrected chi connectivity index (χ3v) is 13.4. The Labute approximate surface area is 398 Å². The first-order valence-electron chi connectivity index (χ1n) is 27.3. The van der Waals surface area contributed by atoms with E-state index in [1.54, 1.807) is 0 Å². The van der Waals surface area contributed by atoms with Crippen molar-refractivity contribution in [1.29, 1.82) is 0 Å². The maximum Gasteiger partial charge on any atom is 0.397 e. The maximum absolute atomic E-state index is 12.9. The zero-order valence-electron chi connectivity index (χ0n) is 41.8. The summed E-state index contributed by atoms with van der Waals surface area (Å²) >= 11 is 0. The van der Waals surface area contributed by atoms with E-state index in [0.29, 0.717) is 13.0 Å². The monoisotopic (exact) mass is 951 g/mol. The second kappa shape index (κ2) is 44.3. The van der Waals surface area contributed by atoms with Crippen LogP contribution in [-0.4, -0.2) is 97.5 Å². The van der Waals surface area contributed by atoms with Gasteiger partial charge in [0, 0.05) is 13.0 Å². The van der Waals surface area contributed by atoms with Crippen LogP contribution in [0.2, 0.25) is 0 Å². The summed E-state index contributed by atoms with van der Waals surface area (Å²) in [4.78, 5) is 12.9. The van der Waals surface area contributed by atoms with Crippen molar-refractivity contribution in [2.45, 2.75) is 301 Å². The van der Waals surface area contributed by atoms with E-state index in [2.05, 4.69) is 18.0 Å². The first-order valence-corrected chi connectivity index (χ1v) is 28.7. The van der Waals surface area contributed by atoms with Crippen LogP contribution in [0.25, 0.3) is 0 Å². The maximum atomic E-state index is 12.9. The van der Waals surface area contributed by atoms with Gasteiger partial charge in [0.1, 0.15) is 30.5 Å². The lowest BCUT2D eigenvalue weighted by Gasteiger charge is -2.41. The molecule has 0 aliphatic carbocycles. The van der Waals surface area contributed by atoms with Gasteiger partial charge in [-0.1, -0.05) is 245 Å². The lowest BCUT2D eigenvalue weighted by atomic mass is 9.99. The van der Waals surface area contributed by atoms with Gasteiger partial charge >= 0.3 is 16.4 Å². The molecule has 1 aliphatic heterocycles. The highest BCUT2D eigenvalue weighted by molar-refractivity contribution is 7.80. The molecule has 65 heavy (non-hydrogen) atoms. The average Bonchev–Trinajstić information content (AvgIpc) is 3.28. The van der Waals surface area contributed by atoms with Gasteiger partial charge in [-0.25, -0.2) is 4.18 Å². The largest absolute Gasteiger partial charge is 0.457 e. The molecule has 6 unspecified atom stereocenters. The molecule has 13 heteroatoms. The molecule has 0 aromatic heterocycles. The van der Waals surface area contributed by atoms with Crippen molar-refractivity contribution in [1.82, 2.24) is 0 Å². The summed E-state index contributed by atoms with van der Waals surface area (Å²) in [6.07, 6.45) is 40.1. The Morgan fingerprint density at radius 2 is 0.877 bits per heavy atom. The van der Waals surface area contributed by atoms with Crippen molar-refractivity contribution in [3.8, 4) is 0 Å². The molecule has 1 rings (SSSR count). The van der Waals surface area contributed by atoms with Gasteiger partial charge in [-0.3, -0.25) is 9.35 Å². The Morgan fingerprint density at radius 3 is 1.23 bits per heavy atom. The Morgan fingerprint density at radius 1 is 0.523 bits per heavy atom. The minimum Gasteiger partial charge on any atom is -0.457 e. The van der Waals surface area contributed by atoms with Crippen molar-refractivity contribution in [2.24, 2.45) is 0 Å². The Bertz CT molecular complexity index is 1140. The smallest absolute Gasteiger partial charge is 0.397 e. The predicted molar refractivity (Wildman–Crippen MR) is 262 cm³/mol. The van der Waals surface area contributed by atoms with Crippen molar-refractivity contribution in [3.05, 3.63) is 0 Å². The number of carbonyl (C=O) groups excluding carboxylic acids is 1.